The van der Waals surface area contributed by atoms with Crippen molar-refractivity contribution in [3.05, 3.63) is 24.3 Å². The Bertz CT molecular complexity index is 686. The topological polar surface area (TPSA) is 62.5 Å². The van der Waals surface area contributed by atoms with Gasteiger partial charge in [-0.1, -0.05) is 12.1 Å². The number of aromatic nitrogens is 1. The number of rotatable bonds is 2. The highest BCUT2D eigenvalue weighted by Crippen LogP contribution is 2.31. The molecule has 1 saturated heterocycles. The van der Waals surface area contributed by atoms with Gasteiger partial charge in [-0.25, -0.2) is 0 Å². The Labute approximate surface area is 133 Å². The Kier molecular flexibility index (Phi) is 3.50. The first-order valence-electron chi connectivity index (χ1n) is 7.86. The summed E-state index contributed by atoms with van der Waals surface area (Å²) in [7, 11) is 0. The van der Waals surface area contributed by atoms with Crippen molar-refractivity contribution in [2.45, 2.75) is 18.9 Å². The normalized spacial score (nSPS) is 25.3. The summed E-state index contributed by atoms with van der Waals surface area (Å²) in [5.74, 6) is 1.53. The predicted molar refractivity (Wildman–Crippen MR) is 89.1 cm³/mol. The van der Waals surface area contributed by atoms with Gasteiger partial charge >= 0.3 is 0 Å². The van der Waals surface area contributed by atoms with E-state index in [1.165, 1.54) is 10.1 Å². The number of benzene rings is 1. The van der Waals surface area contributed by atoms with E-state index in [4.69, 9.17) is 5.73 Å². The Hall–Kier alpha value is -1.66. The molecule has 1 aliphatic heterocycles. The SMILES string of the molecule is NC1CC(C(=O)N2CCN(c3nsc4ccccc34)CC2)C1. The summed E-state index contributed by atoms with van der Waals surface area (Å²) in [6.45, 7) is 3.29. The van der Waals surface area contributed by atoms with Crippen LogP contribution < -0.4 is 10.6 Å². The van der Waals surface area contributed by atoms with Gasteiger partial charge in [0.15, 0.2) is 0 Å². The van der Waals surface area contributed by atoms with Crippen molar-refractivity contribution in [2.24, 2.45) is 11.7 Å². The summed E-state index contributed by atoms with van der Waals surface area (Å²) in [5.41, 5.74) is 5.79. The molecule has 2 heterocycles. The quantitative estimate of drug-likeness (QED) is 0.916. The smallest absolute Gasteiger partial charge is 0.225 e. The molecule has 1 amide bonds. The second-order valence-corrected chi connectivity index (χ2v) is 7.05. The van der Waals surface area contributed by atoms with E-state index in [2.05, 4.69) is 27.5 Å². The van der Waals surface area contributed by atoms with Gasteiger partial charge in [0.1, 0.15) is 5.82 Å². The molecule has 5 nitrogen and oxygen atoms in total. The Morgan fingerprint density at radius 1 is 1.18 bits per heavy atom. The zero-order chi connectivity index (χ0) is 15.1. The molecule has 2 aliphatic rings. The lowest BCUT2D eigenvalue weighted by molar-refractivity contribution is -0.139. The highest BCUT2D eigenvalue weighted by atomic mass is 32.1. The van der Waals surface area contributed by atoms with Gasteiger partial charge in [-0.05, 0) is 36.5 Å². The van der Waals surface area contributed by atoms with Crippen LogP contribution in [0.2, 0.25) is 0 Å². The minimum absolute atomic E-state index is 0.168. The molecule has 4 rings (SSSR count). The molecule has 0 spiro atoms. The predicted octanol–water partition coefficient (Wildman–Crippen LogP) is 1.68. The van der Waals surface area contributed by atoms with E-state index in [0.717, 1.165) is 44.8 Å². The van der Waals surface area contributed by atoms with E-state index in [1.54, 1.807) is 11.5 Å². The first-order valence-corrected chi connectivity index (χ1v) is 8.63. The van der Waals surface area contributed by atoms with Crippen LogP contribution in [0.25, 0.3) is 10.1 Å². The van der Waals surface area contributed by atoms with Gasteiger partial charge in [-0.3, -0.25) is 4.79 Å². The number of piperazine rings is 1. The fraction of sp³-hybridized carbons (Fsp3) is 0.500. The number of hydrogen-bond acceptors (Lipinski definition) is 5. The largest absolute Gasteiger partial charge is 0.352 e. The summed E-state index contributed by atoms with van der Waals surface area (Å²) in [5, 5.41) is 1.22. The summed E-state index contributed by atoms with van der Waals surface area (Å²) < 4.78 is 5.83. The Morgan fingerprint density at radius 3 is 2.64 bits per heavy atom. The summed E-state index contributed by atoms with van der Waals surface area (Å²) in [6.07, 6.45) is 1.71. The molecule has 1 aromatic carbocycles. The number of hydrogen-bond donors (Lipinski definition) is 1. The number of anilines is 1. The van der Waals surface area contributed by atoms with Crippen LogP contribution in [0.3, 0.4) is 0 Å². The van der Waals surface area contributed by atoms with Crippen molar-refractivity contribution in [3.8, 4) is 0 Å². The fourth-order valence-electron chi connectivity index (χ4n) is 3.36. The Balaban J connectivity index is 1.42. The van der Waals surface area contributed by atoms with Crippen molar-refractivity contribution in [1.82, 2.24) is 9.27 Å². The maximum absolute atomic E-state index is 12.4. The Morgan fingerprint density at radius 2 is 1.91 bits per heavy atom. The zero-order valence-electron chi connectivity index (χ0n) is 12.4. The average Bonchev–Trinajstić information content (AvgIpc) is 2.95. The lowest BCUT2D eigenvalue weighted by atomic mass is 9.80. The van der Waals surface area contributed by atoms with E-state index >= 15 is 0 Å². The lowest BCUT2D eigenvalue weighted by Crippen LogP contribution is -2.53. The van der Waals surface area contributed by atoms with E-state index in [9.17, 15) is 4.79 Å². The minimum Gasteiger partial charge on any atom is -0.352 e. The van der Waals surface area contributed by atoms with Crippen molar-refractivity contribution in [3.63, 3.8) is 0 Å². The first kappa shape index (κ1) is 14.0. The minimum atomic E-state index is 0.168. The van der Waals surface area contributed by atoms with Crippen molar-refractivity contribution in [1.29, 1.82) is 0 Å². The number of nitrogens with two attached hydrogens (primary N) is 1. The molecule has 0 unspecified atom stereocenters. The van der Waals surface area contributed by atoms with E-state index < -0.39 is 0 Å². The van der Waals surface area contributed by atoms with Crippen LogP contribution in [0.5, 0.6) is 0 Å². The zero-order valence-corrected chi connectivity index (χ0v) is 13.3. The lowest BCUT2D eigenvalue weighted by Gasteiger charge is -2.40. The molecule has 2 N–H and O–H groups in total. The molecule has 116 valence electrons. The first-order chi connectivity index (χ1) is 10.7. The van der Waals surface area contributed by atoms with E-state index in [-0.39, 0.29) is 12.0 Å². The number of carbonyl (C=O) groups excluding carboxylic acids is 1. The van der Waals surface area contributed by atoms with E-state index in [1.807, 2.05) is 11.0 Å². The van der Waals surface area contributed by atoms with Crippen LogP contribution in [-0.2, 0) is 4.79 Å². The third-order valence-corrected chi connectivity index (χ3v) is 5.59. The van der Waals surface area contributed by atoms with Crippen molar-refractivity contribution < 1.29 is 4.79 Å². The molecule has 0 atom stereocenters. The van der Waals surface area contributed by atoms with Crippen LogP contribution >= 0.6 is 11.5 Å². The second kappa shape index (κ2) is 5.52. The highest BCUT2D eigenvalue weighted by Gasteiger charge is 2.36. The monoisotopic (exact) mass is 316 g/mol. The molecule has 1 saturated carbocycles. The second-order valence-electron chi connectivity index (χ2n) is 6.24. The molecule has 1 aromatic heterocycles. The number of carbonyl (C=O) groups is 1. The van der Waals surface area contributed by atoms with Gasteiger partial charge in [0, 0.05) is 43.5 Å². The van der Waals surface area contributed by atoms with Crippen molar-refractivity contribution in [2.75, 3.05) is 31.1 Å². The third-order valence-electron chi connectivity index (χ3n) is 4.77. The van der Waals surface area contributed by atoms with Crippen molar-refractivity contribution >= 4 is 33.3 Å². The summed E-state index contributed by atoms with van der Waals surface area (Å²) >= 11 is 1.55. The van der Waals surface area contributed by atoms with Crippen LogP contribution in [0.4, 0.5) is 5.82 Å². The summed E-state index contributed by atoms with van der Waals surface area (Å²) in [4.78, 5) is 16.7. The maximum atomic E-state index is 12.4. The van der Waals surface area contributed by atoms with Gasteiger partial charge in [0.25, 0.3) is 0 Å². The highest BCUT2D eigenvalue weighted by molar-refractivity contribution is 7.13. The van der Waals surface area contributed by atoms with Crippen LogP contribution in [0.15, 0.2) is 24.3 Å². The molecule has 6 heteroatoms. The number of fused-ring (bicyclic) bond motifs is 1. The van der Waals surface area contributed by atoms with Crippen LogP contribution in [-0.4, -0.2) is 47.4 Å². The molecule has 1 aliphatic carbocycles. The molecule has 2 fully saturated rings. The van der Waals surface area contributed by atoms with Crippen LogP contribution in [0.1, 0.15) is 12.8 Å². The van der Waals surface area contributed by atoms with Gasteiger partial charge in [0.2, 0.25) is 5.91 Å². The van der Waals surface area contributed by atoms with Gasteiger partial charge in [0.05, 0.1) is 4.70 Å². The van der Waals surface area contributed by atoms with Crippen LogP contribution in [0, 0.1) is 5.92 Å². The standard InChI is InChI=1S/C16H20N4OS/c17-12-9-11(10-12)16(21)20-7-5-19(6-8-20)15-13-3-1-2-4-14(13)22-18-15/h1-4,11-12H,5-10,17H2. The fourth-order valence-corrected chi connectivity index (χ4v) is 4.16. The molecule has 22 heavy (non-hydrogen) atoms. The number of nitrogens with zero attached hydrogens (tertiary/aromatic N) is 3. The van der Waals surface area contributed by atoms with Gasteiger partial charge in [-0.2, -0.15) is 4.37 Å². The average molecular weight is 316 g/mol. The molecular formula is C16H20N4OS. The molecule has 2 aromatic rings. The molecule has 0 radical (unpaired) electrons. The van der Waals surface area contributed by atoms with Gasteiger partial charge in [-0.15, -0.1) is 0 Å². The third kappa shape index (κ3) is 2.36. The molecular weight excluding hydrogens is 296 g/mol. The molecule has 0 bridgehead atoms. The number of amides is 1. The maximum Gasteiger partial charge on any atom is 0.225 e. The van der Waals surface area contributed by atoms with Gasteiger partial charge < -0.3 is 15.5 Å². The van der Waals surface area contributed by atoms with E-state index in [0.29, 0.717) is 5.91 Å². The summed E-state index contributed by atoms with van der Waals surface area (Å²) in [6, 6.07) is 8.57.